The van der Waals surface area contributed by atoms with Crippen LogP contribution in [0.1, 0.15) is 23.2 Å². The van der Waals surface area contributed by atoms with Gasteiger partial charge in [0.15, 0.2) is 0 Å². The van der Waals surface area contributed by atoms with E-state index in [2.05, 4.69) is 10.4 Å². The molecule has 1 heterocycles. The van der Waals surface area contributed by atoms with Crippen molar-refractivity contribution in [3.63, 3.8) is 0 Å². The zero-order valence-electron chi connectivity index (χ0n) is 13.1. The molecule has 0 aliphatic rings. The number of hydrogen-bond acceptors (Lipinski definition) is 3. The SMILES string of the molecule is Cc1c(CCC(=O)NCC(O)Cc2ccccc2)cnn1C. The maximum Gasteiger partial charge on any atom is 0.220 e. The number of benzene rings is 1. The summed E-state index contributed by atoms with van der Waals surface area (Å²) in [6.07, 6.45) is 2.85. The van der Waals surface area contributed by atoms with Crippen molar-refractivity contribution >= 4 is 5.91 Å². The van der Waals surface area contributed by atoms with Crippen LogP contribution in [0, 0.1) is 6.92 Å². The molecule has 22 heavy (non-hydrogen) atoms. The fourth-order valence-electron chi connectivity index (χ4n) is 2.32. The number of aromatic nitrogens is 2. The van der Waals surface area contributed by atoms with Crippen LogP contribution in [0.3, 0.4) is 0 Å². The van der Waals surface area contributed by atoms with E-state index < -0.39 is 6.10 Å². The highest BCUT2D eigenvalue weighted by Gasteiger charge is 2.10. The first-order valence-electron chi connectivity index (χ1n) is 7.52. The Labute approximate surface area is 131 Å². The summed E-state index contributed by atoms with van der Waals surface area (Å²) in [7, 11) is 1.89. The summed E-state index contributed by atoms with van der Waals surface area (Å²) >= 11 is 0. The Kier molecular flexibility index (Phi) is 5.72. The van der Waals surface area contributed by atoms with Crippen molar-refractivity contribution in [3.05, 3.63) is 53.3 Å². The third kappa shape index (κ3) is 4.70. The van der Waals surface area contributed by atoms with Gasteiger partial charge in [0, 0.05) is 32.1 Å². The number of carbonyl (C=O) groups is 1. The third-order valence-electron chi connectivity index (χ3n) is 3.81. The molecule has 1 aromatic carbocycles. The lowest BCUT2D eigenvalue weighted by atomic mass is 10.1. The molecule has 0 aliphatic carbocycles. The minimum absolute atomic E-state index is 0.0460. The van der Waals surface area contributed by atoms with E-state index in [1.807, 2.05) is 44.3 Å². The van der Waals surface area contributed by atoms with Gasteiger partial charge in [0.25, 0.3) is 0 Å². The van der Waals surface area contributed by atoms with E-state index in [-0.39, 0.29) is 12.5 Å². The first-order chi connectivity index (χ1) is 10.6. The van der Waals surface area contributed by atoms with Crippen LogP contribution in [-0.2, 0) is 24.7 Å². The number of rotatable bonds is 7. The van der Waals surface area contributed by atoms with Crippen LogP contribution in [0.5, 0.6) is 0 Å². The van der Waals surface area contributed by atoms with Crippen LogP contribution in [0.15, 0.2) is 36.5 Å². The molecule has 1 atom stereocenters. The van der Waals surface area contributed by atoms with Gasteiger partial charge in [0.05, 0.1) is 12.3 Å². The van der Waals surface area contributed by atoms with Gasteiger partial charge in [-0.05, 0) is 24.5 Å². The Morgan fingerprint density at radius 1 is 1.36 bits per heavy atom. The first-order valence-corrected chi connectivity index (χ1v) is 7.52. The zero-order valence-corrected chi connectivity index (χ0v) is 13.1. The molecular weight excluding hydrogens is 278 g/mol. The van der Waals surface area contributed by atoms with Gasteiger partial charge in [-0.25, -0.2) is 0 Å². The molecule has 0 fully saturated rings. The Balaban J connectivity index is 1.70. The van der Waals surface area contributed by atoms with E-state index in [1.54, 1.807) is 10.9 Å². The number of aliphatic hydroxyl groups is 1. The smallest absolute Gasteiger partial charge is 0.220 e. The van der Waals surface area contributed by atoms with E-state index in [4.69, 9.17) is 0 Å². The Morgan fingerprint density at radius 2 is 2.09 bits per heavy atom. The number of amides is 1. The van der Waals surface area contributed by atoms with Crippen LogP contribution >= 0.6 is 0 Å². The van der Waals surface area contributed by atoms with Crippen molar-refractivity contribution in [3.8, 4) is 0 Å². The summed E-state index contributed by atoms with van der Waals surface area (Å²) in [5.41, 5.74) is 3.23. The molecule has 2 rings (SSSR count). The summed E-state index contributed by atoms with van der Waals surface area (Å²) in [6.45, 7) is 2.27. The minimum atomic E-state index is -0.563. The topological polar surface area (TPSA) is 67.2 Å². The average Bonchev–Trinajstić information content (AvgIpc) is 2.83. The lowest BCUT2D eigenvalue weighted by molar-refractivity contribution is -0.121. The van der Waals surface area contributed by atoms with Crippen LogP contribution in [-0.4, -0.2) is 33.4 Å². The number of aliphatic hydroxyl groups excluding tert-OH is 1. The second kappa shape index (κ2) is 7.75. The molecule has 2 N–H and O–H groups in total. The van der Waals surface area contributed by atoms with Gasteiger partial charge in [-0.2, -0.15) is 5.10 Å². The Hall–Kier alpha value is -2.14. The molecule has 0 spiro atoms. The minimum Gasteiger partial charge on any atom is -0.391 e. The molecule has 0 radical (unpaired) electrons. The normalized spacial score (nSPS) is 12.1. The standard InChI is InChI=1S/C17H23N3O2/c1-13-15(11-19-20(13)2)8-9-17(22)18-12-16(21)10-14-6-4-3-5-7-14/h3-7,11,16,21H,8-10,12H2,1-2H3,(H,18,22). The van der Waals surface area contributed by atoms with E-state index in [0.717, 1.165) is 16.8 Å². The van der Waals surface area contributed by atoms with E-state index in [1.165, 1.54) is 0 Å². The molecule has 118 valence electrons. The highest BCUT2D eigenvalue weighted by Crippen LogP contribution is 2.08. The fourth-order valence-corrected chi connectivity index (χ4v) is 2.32. The van der Waals surface area contributed by atoms with Crippen LogP contribution in [0.25, 0.3) is 0 Å². The molecule has 5 nitrogen and oxygen atoms in total. The number of nitrogens with one attached hydrogen (secondary N) is 1. The van der Waals surface area contributed by atoms with E-state index >= 15 is 0 Å². The summed E-state index contributed by atoms with van der Waals surface area (Å²) in [6, 6.07) is 9.76. The Morgan fingerprint density at radius 3 is 2.73 bits per heavy atom. The summed E-state index contributed by atoms with van der Waals surface area (Å²) in [5.74, 6) is -0.0460. The largest absolute Gasteiger partial charge is 0.391 e. The van der Waals surface area contributed by atoms with E-state index in [0.29, 0.717) is 19.3 Å². The maximum absolute atomic E-state index is 11.8. The van der Waals surface area contributed by atoms with Crippen LogP contribution < -0.4 is 5.32 Å². The molecule has 0 bridgehead atoms. The number of hydrogen-bond donors (Lipinski definition) is 2. The second-order valence-electron chi connectivity index (χ2n) is 5.53. The van der Waals surface area contributed by atoms with Gasteiger partial charge in [-0.3, -0.25) is 9.48 Å². The van der Waals surface area contributed by atoms with Gasteiger partial charge in [0.1, 0.15) is 0 Å². The van der Waals surface area contributed by atoms with Crippen molar-refractivity contribution in [2.45, 2.75) is 32.3 Å². The average molecular weight is 301 g/mol. The highest BCUT2D eigenvalue weighted by atomic mass is 16.3. The summed E-state index contributed by atoms with van der Waals surface area (Å²) < 4.78 is 1.80. The molecule has 1 unspecified atom stereocenters. The van der Waals surface area contributed by atoms with Gasteiger partial charge in [-0.1, -0.05) is 30.3 Å². The second-order valence-corrected chi connectivity index (χ2v) is 5.53. The van der Waals surface area contributed by atoms with Gasteiger partial charge in [0.2, 0.25) is 5.91 Å². The molecule has 0 saturated carbocycles. The predicted molar refractivity (Wildman–Crippen MR) is 85.4 cm³/mol. The molecule has 0 saturated heterocycles. The first kappa shape index (κ1) is 16.2. The van der Waals surface area contributed by atoms with E-state index in [9.17, 15) is 9.90 Å². The molecule has 1 aromatic heterocycles. The molecule has 0 aliphatic heterocycles. The monoisotopic (exact) mass is 301 g/mol. The molecular formula is C17H23N3O2. The number of nitrogens with zero attached hydrogens (tertiary/aromatic N) is 2. The molecule has 1 amide bonds. The lowest BCUT2D eigenvalue weighted by Gasteiger charge is -2.12. The van der Waals surface area contributed by atoms with Gasteiger partial charge < -0.3 is 10.4 Å². The van der Waals surface area contributed by atoms with Crippen molar-refractivity contribution in [2.75, 3.05) is 6.54 Å². The Bertz CT molecular complexity index is 608. The van der Waals surface area contributed by atoms with Crippen molar-refractivity contribution in [1.82, 2.24) is 15.1 Å². The number of carbonyl (C=O) groups excluding carboxylic acids is 1. The summed E-state index contributed by atoms with van der Waals surface area (Å²) in [4.78, 5) is 11.8. The quantitative estimate of drug-likeness (QED) is 0.812. The third-order valence-corrected chi connectivity index (χ3v) is 3.81. The van der Waals surface area contributed by atoms with Crippen LogP contribution in [0.4, 0.5) is 0 Å². The number of aryl methyl sites for hydroxylation is 2. The maximum atomic E-state index is 11.8. The van der Waals surface area contributed by atoms with Crippen LogP contribution in [0.2, 0.25) is 0 Å². The molecule has 5 heteroatoms. The predicted octanol–water partition coefficient (Wildman–Crippen LogP) is 1.38. The van der Waals surface area contributed by atoms with Crippen molar-refractivity contribution in [1.29, 1.82) is 0 Å². The molecule has 2 aromatic rings. The van der Waals surface area contributed by atoms with Crippen molar-refractivity contribution in [2.24, 2.45) is 7.05 Å². The van der Waals surface area contributed by atoms with Gasteiger partial charge in [-0.15, -0.1) is 0 Å². The lowest BCUT2D eigenvalue weighted by Crippen LogP contribution is -2.33. The zero-order chi connectivity index (χ0) is 15.9. The fraction of sp³-hybridized carbons (Fsp3) is 0.412. The van der Waals surface area contributed by atoms with Gasteiger partial charge >= 0.3 is 0 Å². The summed E-state index contributed by atoms with van der Waals surface area (Å²) in [5, 5.41) is 16.9. The highest BCUT2D eigenvalue weighted by molar-refractivity contribution is 5.76. The van der Waals surface area contributed by atoms with Crippen molar-refractivity contribution < 1.29 is 9.90 Å².